The standard InChI is InChI=1S/C14H14N2O/c17-14(6-3-7-14)13-11-5-2-1-4-10(11)12-8-15-9-16(12)13/h1-2,4-5,8,17H,3,6-7,9H2. The maximum atomic E-state index is 10.7. The van der Waals surface area contributed by atoms with Gasteiger partial charge in [-0.15, -0.1) is 0 Å². The van der Waals surface area contributed by atoms with Crippen molar-refractivity contribution in [3.05, 3.63) is 35.7 Å². The molecule has 1 aliphatic heterocycles. The number of nitrogens with zero attached hydrogens (tertiary/aromatic N) is 2. The lowest BCUT2D eigenvalue weighted by Gasteiger charge is -2.37. The van der Waals surface area contributed by atoms with E-state index in [2.05, 4.69) is 21.7 Å². The van der Waals surface area contributed by atoms with Gasteiger partial charge in [-0.2, -0.15) is 0 Å². The molecule has 2 aromatic rings. The summed E-state index contributed by atoms with van der Waals surface area (Å²) in [5.41, 5.74) is 1.61. The van der Waals surface area contributed by atoms with E-state index in [0.29, 0.717) is 6.67 Å². The number of hydrogen-bond donors (Lipinski definition) is 1. The Morgan fingerprint density at radius 3 is 2.65 bits per heavy atom. The van der Waals surface area contributed by atoms with Gasteiger partial charge in [0.15, 0.2) is 0 Å². The monoisotopic (exact) mass is 226 g/mol. The maximum absolute atomic E-state index is 10.7. The number of benzene rings is 1. The Kier molecular flexibility index (Phi) is 1.66. The average Bonchev–Trinajstić information content (AvgIpc) is 2.85. The third kappa shape index (κ3) is 1.07. The minimum Gasteiger partial charge on any atom is -0.384 e. The number of aliphatic hydroxyl groups is 1. The van der Waals surface area contributed by atoms with E-state index in [9.17, 15) is 5.11 Å². The molecule has 3 heteroatoms. The Morgan fingerprint density at radius 2 is 1.94 bits per heavy atom. The predicted octanol–water partition coefficient (Wildman–Crippen LogP) is 2.40. The van der Waals surface area contributed by atoms with Crippen LogP contribution in [-0.4, -0.2) is 15.9 Å². The van der Waals surface area contributed by atoms with E-state index in [-0.39, 0.29) is 0 Å². The Morgan fingerprint density at radius 1 is 1.18 bits per heavy atom. The highest BCUT2D eigenvalue weighted by Gasteiger charge is 2.41. The molecule has 1 aromatic heterocycles. The summed E-state index contributed by atoms with van der Waals surface area (Å²) in [6.45, 7) is 0.654. The summed E-state index contributed by atoms with van der Waals surface area (Å²) < 4.78 is 2.17. The van der Waals surface area contributed by atoms with Crippen LogP contribution >= 0.6 is 0 Å². The number of hydrogen-bond acceptors (Lipinski definition) is 2. The molecule has 0 atom stereocenters. The van der Waals surface area contributed by atoms with E-state index in [1.807, 2.05) is 18.3 Å². The van der Waals surface area contributed by atoms with Gasteiger partial charge in [0.25, 0.3) is 0 Å². The van der Waals surface area contributed by atoms with Crippen molar-refractivity contribution < 1.29 is 5.11 Å². The lowest BCUT2D eigenvalue weighted by Crippen LogP contribution is -2.36. The molecule has 2 heterocycles. The van der Waals surface area contributed by atoms with Gasteiger partial charge >= 0.3 is 0 Å². The second kappa shape index (κ2) is 2.99. The van der Waals surface area contributed by atoms with Crippen LogP contribution in [0.25, 0.3) is 10.8 Å². The Hall–Kier alpha value is -1.61. The van der Waals surface area contributed by atoms with Crippen LogP contribution in [0.5, 0.6) is 0 Å². The predicted molar refractivity (Wildman–Crippen MR) is 67.3 cm³/mol. The summed E-state index contributed by atoms with van der Waals surface area (Å²) in [4.78, 5) is 4.32. The molecule has 0 saturated heterocycles. The molecule has 3 nitrogen and oxygen atoms in total. The average molecular weight is 226 g/mol. The maximum Gasteiger partial charge on any atom is 0.114 e. The van der Waals surface area contributed by atoms with E-state index in [0.717, 1.165) is 30.7 Å². The third-order valence-corrected chi connectivity index (χ3v) is 4.08. The second-order valence-corrected chi connectivity index (χ2v) is 5.05. The fourth-order valence-corrected chi connectivity index (χ4v) is 3.07. The van der Waals surface area contributed by atoms with E-state index in [1.54, 1.807) is 0 Å². The minimum absolute atomic E-state index is 0.619. The normalized spacial score (nSPS) is 20.5. The molecule has 1 saturated carbocycles. The molecule has 2 aliphatic rings. The van der Waals surface area contributed by atoms with Crippen molar-refractivity contribution in [3.8, 4) is 0 Å². The van der Waals surface area contributed by atoms with Crippen molar-refractivity contribution >= 4 is 17.0 Å². The van der Waals surface area contributed by atoms with Gasteiger partial charge in [0, 0.05) is 17.0 Å². The van der Waals surface area contributed by atoms with Crippen LogP contribution in [0.15, 0.2) is 29.3 Å². The van der Waals surface area contributed by atoms with Crippen molar-refractivity contribution in [2.24, 2.45) is 4.99 Å². The van der Waals surface area contributed by atoms with Crippen molar-refractivity contribution in [1.82, 2.24) is 4.57 Å². The summed E-state index contributed by atoms with van der Waals surface area (Å²) in [6.07, 6.45) is 4.79. The van der Waals surface area contributed by atoms with Gasteiger partial charge in [-0.3, -0.25) is 4.99 Å². The highest BCUT2D eigenvalue weighted by molar-refractivity contribution is 6.02. The van der Waals surface area contributed by atoms with Crippen LogP contribution < -0.4 is 0 Å². The smallest absolute Gasteiger partial charge is 0.114 e. The van der Waals surface area contributed by atoms with Crippen LogP contribution in [0.2, 0.25) is 0 Å². The van der Waals surface area contributed by atoms with Crippen molar-refractivity contribution in [2.75, 3.05) is 0 Å². The van der Waals surface area contributed by atoms with Crippen molar-refractivity contribution in [2.45, 2.75) is 31.5 Å². The molecular weight excluding hydrogens is 212 g/mol. The van der Waals surface area contributed by atoms with Gasteiger partial charge in [0.1, 0.15) is 12.3 Å². The summed E-state index contributed by atoms with van der Waals surface area (Å²) in [5, 5.41) is 13.1. The van der Waals surface area contributed by atoms with Crippen LogP contribution in [0.3, 0.4) is 0 Å². The topological polar surface area (TPSA) is 37.5 Å². The van der Waals surface area contributed by atoms with Gasteiger partial charge in [-0.05, 0) is 19.3 Å². The lowest BCUT2D eigenvalue weighted by atomic mass is 9.77. The van der Waals surface area contributed by atoms with Crippen molar-refractivity contribution in [1.29, 1.82) is 0 Å². The molecule has 1 fully saturated rings. The molecule has 1 N–H and O–H groups in total. The zero-order chi connectivity index (χ0) is 11.5. The van der Waals surface area contributed by atoms with E-state index in [1.165, 1.54) is 10.8 Å². The van der Waals surface area contributed by atoms with Gasteiger partial charge in [0.2, 0.25) is 0 Å². The number of rotatable bonds is 1. The van der Waals surface area contributed by atoms with Crippen molar-refractivity contribution in [3.63, 3.8) is 0 Å². The zero-order valence-corrected chi connectivity index (χ0v) is 9.56. The number of aliphatic imine (C=N–C) groups is 1. The summed E-state index contributed by atoms with van der Waals surface area (Å²) in [6, 6.07) is 8.31. The fourth-order valence-electron chi connectivity index (χ4n) is 3.07. The molecule has 0 bridgehead atoms. The zero-order valence-electron chi connectivity index (χ0n) is 9.56. The number of fused-ring (bicyclic) bond motifs is 3. The first-order valence-corrected chi connectivity index (χ1v) is 6.13. The molecule has 1 aromatic carbocycles. The van der Waals surface area contributed by atoms with Gasteiger partial charge in [-0.25, -0.2) is 0 Å². The molecule has 0 radical (unpaired) electrons. The Labute approximate surface area is 99.4 Å². The first kappa shape index (κ1) is 9.42. The van der Waals surface area contributed by atoms with Gasteiger partial charge in [-0.1, -0.05) is 24.3 Å². The van der Waals surface area contributed by atoms with Crippen LogP contribution in [0.1, 0.15) is 30.7 Å². The third-order valence-electron chi connectivity index (χ3n) is 4.08. The fraction of sp³-hybridized carbons (Fsp3) is 0.357. The first-order chi connectivity index (χ1) is 8.30. The number of aromatic nitrogens is 1. The van der Waals surface area contributed by atoms with Gasteiger partial charge in [0.05, 0.1) is 11.4 Å². The molecule has 86 valence electrons. The Bertz CT molecular complexity index is 635. The first-order valence-electron chi connectivity index (χ1n) is 6.13. The molecule has 0 spiro atoms. The lowest BCUT2D eigenvalue weighted by molar-refractivity contribution is -0.0439. The minimum atomic E-state index is -0.619. The molecule has 0 amide bonds. The molecule has 17 heavy (non-hydrogen) atoms. The molecule has 4 rings (SSSR count). The van der Waals surface area contributed by atoms with Crippen LogP contribution in [-0.2, 0) is 12.3 Å². The molecular formula is C14H14N2O. The van der Waals surface area contributed by atoms with E-state index in [4.69, 9.17) is 0 Å². The van der Waals surface area contributed by atoms with Crippen LogP contribution in [0, 0.1) is 0 Å². The van der Waals surface area contributed by atoms with E-state index >= 15 is 0 Å². The van der Waals surface area contributed by atoms with Gasteiger partial charge < -0.3 is 9.67 Å². The SMILES string of the molecule is OC1(c2c3ccccc3c3n2CN=C3)CCC1. The quantitative estimate of drug-likeness (QED) is 0.796. The second-order valence-electron chi connectivity index (χ2n) is 5.05. The summed E-state index contributed by atoms with van der Waals surface area (Å²) in [5.74, 6) is 0. The summed E-state index contributed by atoms with van der Waals surface area (Å²) >= 11 is 0. The Balaban J connectivity index is 2.10. The summed E-state index contributed by atoms with van der Waals surface area (Å²) in [7, 11) is 0. The largest absolute Gasteiger partial charge is 0.384 e. The molecule has 0 unspecified atom stereocenters. The molecule has 1 aliphatic carbocycles. The highest BCUT2D eigenvalue weighted by atomic mass is 16.3. The van der Waals surface area contributed by atoms with E-state index < -0.39 is 5.60 Å². The van der Waals surface area contributed by atoms with Crippen LogP contribution in [0.4, 0.5) is 0 Å². The highest BCUT2D eigenvalue weighted by Crippen LogP contribution is 2.45.